The van der Waals surface area contributed by atoms with Crippen molar-refractivity contribution >= 4 is 0 Å². The minimum atomic E-state index is 0.371. The predicted octanol–water partition coefficient (Wildman–Crippen LogP) is 1.42. The maximum atomic E-state index is 5.89. The molecule has 2 N–H and O–H groups in total. The van der Waals surface area contributed by atoms with Crippen molar-refractivity contribution in [3.8, 4) is 11.3 Å². The van der Waals surface area contributed by atoms with Gasteiger partial charge in [-0.1, -0.05) is 30.3 Å². The Morgan fingerprint density at radius 2 is 2.10 bits per heavy atom. The van der Waals surface area contributed by atoms with Crippen molar-refractivity contribution in [1.29, 1.82) is 0 Å². The SMILES string of the molecule is CN1CCN(Cc2ncc(-c3ccccc3)o2)C(CN)C1. The summed E-state index contributed by atoms with van der Waals surface area (Å²) >= 11 is 0. The maximum absolute atomic E-state index is 5.89. The van der Waals surface area contributed by atoms with E-state index in [9.17, 15) is 0 Å². The molecule has 1 atom stereocenters. The number of hydrogen-bond donors (Lipinski definition) is 1. The summed E-state index contributed by atoms with van der Waals surface area (Å²) in [5.41, 5.74) is 6.95. The molecule has 21 heavy (non-hydrogen) atoms. The van der Waals surface area contributed by atoms with Gasteiger partial charge in [0.2, 0.25) is 5.89 Å². The summed E-state index contributed by atoms with van der Waals surface area (Å²) in [6, 6.07) is 10.4. The molecule has 2 heterocycles. The van der Waals surface area contributed by atoms with E-state index in [1.807, 2.05) is 30.3 Å². The highest BCUT2D eigenvalue weighted by Gasteiger charge is 2.25. The van der Waals surface area contributed by atoms with E-state index in [2.05, 4.69) is 21.8 Å². The molecule has 0 bridgehead atoms. The van der Waals surface area contributed by atoms with Crippen LogP contribution in [0.15, 0.2) is 40.9 Å². The summed E-state index contributed by atoms with van der Waals surface area (Å²) in [4.78, 5) is 9.09. The van der Waals surface area contributed by atoms with Crippen LogP contribution in [0.3, 0.4) is 0 Å². The summed E-state index contributed by atoms with van der Waals surface area (Å²) < 4.78 is 5.88. The summed E-state index contributed by atoms with van der Waals surface area (Å²) in [7, 11) is 2.14. The second-order valence-corrected chi connectivity index (χ2v) is 5.61. The molecule has 0 amide bonds. The maximum Gasteiger partial charge on any atom is 0.209 e. The second kappa shape index (κ2) is 6.39. The number of nitrogens with two attached hydrogens (primary N) is 1. The highest BCUT2D eigenvalue weighted by atomic mass is 16.4. The standard InChI is InChI=1S/C16H22N4O/c1-19-7-8-20(14(9-17)11-19)12-16-18-10-15(21-16)13-5-3-2-4-6-13/h2-6,10,14H,7-9,11-12,17H2,1H3. The molecule has 1 fully saturated rings. The molecule has 0 radical (unpaired) electrons. The Morgan fingerprint density at radius 1 is 1.29 bits per heavy atom. The van der Waals surface area contributed by atoms with E-state index in [-0.39, 0.29) is 0 Å². The molecule has 112 valence electrons. The van der Waals surface area contributed by atoms with Crippen LogP contribution in [0.5, 0.6) is 0 Å². The number of nitrogens with zero attached hydrogens (tertiary/aromatic N) is 3. The monoisotopic (exact) mass is 286 g/mol. The predicted molar refractivity (Wildman–Crippen MR) is 82.7 cm³/mol. The first-order valence-electron chi connectivity index (χ1n) is 7.39. The molecule has 0 spiro atoms. The summed E-state index contributed by atoms with van der Waals surface area (Å²) in [5, 5.41) is 0. The van der Waals surface area contributed by atoms with Gasteiger partial charge in [-0.05, 0) is 7.05 Å². The second-order valence-electron chi connectivity index (χ2n) is 5.61. The largest absolute Gasteiger partial charge is 0.439 e. The molecule has 0 aliphatic carbocycles. The first kappa shape index (κ1) is 14.3. The lowest BCUT2D eigenvalue weighted by Crippen LogP contribution is -2.54. The van der Waals surface area contributed by atoms with Gasteiger partial charge < -0.3 is 15.1 Å². The van der Waals surface area contributed by atoms with Crippen molar-refractivity contribution in [1.82, 2.24) is 14.8 Å². The molecule has 1 saturated heterocycles. The third-order valence-electron chi connectivity index (χ3n) is 4.03. The zero-order valence-electron chi connectivity index (χ0n) is 12.4. The van der Waals surface area contributed by atoms with Crippen LogP contribution in [0.25, 0.3) is 11.3 Å². The fourth-order valence-electron chi connectivity index (χ4n) is 2.77. The van der Waals surface area contributed by atoms with Crippen LogP contribution in [0, 0.1) is 0 Å². The number of benzene rings is 1. The van der Waals surface area contributed by atoms with E-state index < -0.39 is 0 Å². The summed E-state index contributed by atoms with van der Waals surface area (Å²) in [5.74, 6) is 1.58. The van der Waals surface area contributed by atoms with E-state index >= 15 is 0 Å². The lowest BCUT2D eigenvalue weighted by Gasteiger charge is -2.38. The van der Waals surface area contributed by atoms with Gasteiger partial charge in [0.05, 0.1) is 12.7 Å². The molecule has 1 aliphatic heterocycles. The van der Waals surface area contributed by atoms with Crippen LogP contribution in [0.2, 0.25) is 0 Å². The average Bonchev–Trinajstić information content (AvgIpc) is 2.98. The zero-order valence-corrected chi connectivity index (χ0v) is 12.4. The molecule has 1 aliphatic rings. The van der Waals surface area contributed by atoms with Crippen LogP contribution in [0.4, 0.5) is 0 Å². The first-order valence-corrected chi connectivity index (χ1v) is 7.39. The third kappa shape index (κ3) is 3.32. The smallest absolute Gasteiger partial charge is 0.209 e. The van der Waals surface area contributed by atoms with Crippen molar-refractivity contribution in [2.24, 2.45) is 5.73 Å². The molecule has 1 aromatic carbocycles. The van der Waals surface area contributed by atoms with E-state index in [0.717, 1.165) is 43.4 Å². The van der Waals surface area contributed by atoms with Crippen molar-refractivity contribution in [3.05, 3.63) is 42.4 Å². The highest BCUT2D eigenvalue weighted by Crippen LogP contribution is 2.21. The van der Waals surface area contributed by atoms with Gasteiger partial charge in [0, 0.05) is 37.8 Å². The topological polar surface area (TPSA) is 58.5 Å². The molecule has 5 heteroatoms. The number of piperazine rings is 1. The number of likely N-dealkylation sites (N-methyl/N-ethyl adjacent to an activating group) is 1. The van der Waals surface area contributed by atoms with Gasteiger partial charge in [0.1, 0.15) is 0 Å². The molecule has 5 nitrogen and oxygen atoms in total. The Labute approximate surface area is 125 Å². The highest BCUT2D eigenvalue weighted by molar-refractivity contribution is 5.55. The van der Waals surface area contributed by atoms with Crippen LogP contribution >= 0.6 is 0 Å². The van der Waals surface area contributed by atoms with Crippen molar-refractivity contribution in [2.45, 2.75) is 12.6 Å². The lowest BCUT2D eigenvalue weighted by atomic mass is 10.2. The van der Waals surface area contributed by atoms with E-state index in [1.54, 1.807) is 6.20 Å². The molecule has 2 aromatic rings. The molecular formula is C16H22N4O. The Morgan fingerprint density at radius 3 is 2.86 bits per heavy atom. The summed E-state index contributed by atoms with van der Waals surface area (Å²) in [6.45, 7) is 4.45. The van der Waals surface area contributed by atoms with Crippen molar-refractivity contribution < 1.29 is 4.42 Å². The Hall–Kier alpha value is -1.69. The lowest BCUT2D eigenvalue weighted by molar-refractivity contribution is 0.0806. The van der Waals surface area contributed by atoms with Gasteiger partial charge in [-0.3, -0.25) is 4.90 Å². The number of hydrogen-bond acceptors (Lipinski definition) is 5. The van der Waals surface area contributed by atoms with Gasteiger partial charge in [0.15, 0.2) is 5.76 Å². The van der Waals surface area contributed by atoms with Crippen LogP contribution in [-0.2, 0) is 6.54 Å². The number of oxazole rings is 1. The summed E-state index contributed by atoms with van der Waals surface area (Å²) in [6.07, 6.45) is 1.80. The molecule has 0 saturated carbocycles. The van der Waals surface area contributed by atoms with Crippen LogP contribution in [-0.4, -0.2) is 54.1 Å². The molecular weight excluding hydrogens is 264 g/mol. The zero-order chi connectivity index (χ0) is 14.7. The molecule has 3 rings (SSSR count). The van der Waals surface area contributed by atoms with Crippen molar-refractivity contribution in [3.63, 3.8) is 0 Å². The minimum absolute atomic E-state index is 0.371. The molecule has 1 unspecified atom stereocenters. The normalized spacial score (nSPS) is 20.8. The van der Waals surface area contributed by atoms with Gasteiger partial charge in [0.25, 0.3) is 0 Å². The fourth-order valence-corrected chi connectivity index (χ4v) is 2.77. The van der Waals surface area contributed by atoms with E-state index in [1.165, 1.54) is 0 Å². The van der Waals surface area contributed by atoms with Gasteiger partial charge >= 0.3 is 0 Å². The molecule has 1 aromatic heterocycles. The third-order valence-corrected chi connectivity index (χ3v) is 4.03. The Kier molecular flexibility index (Phi) is 4.34. The number of rotatable bonds is 4. The van der Waals surface area contributed by atoms with Crippen LogP contribution < -0.4 is 5.73 Å². The van der Waals surface area contributed by atoms with Crippen LogP contribution in [0.1, 0.15) is 5.89 Å². The minimum Gasteiger partial charge on any atom is -0.439 e. The number of aromatic nitrogens is 1. The Balaban J connectivity index is 1.69. The van der Waals surface area contributed by atoms with Gasteiger partial charge in [-0.15, -0.1) is 0 Å². The first-order chi connectivity index (χ1) is 10.3. The fraction of sp³-hybridized carbons (Fsp3) is 0.438. The average molecular weight is 286 g/mol. The van der Waals surface area contributed by atoms with Gasteiger partial charge in [-0.25, -0.2) is 4.98 Å². The Bertz CT molecular complexity index is 569. The van der Waals surface area contributed by atoms with Gasteiger partial charge in [-0.2, -0.15) is 0 Å². The van der Waals surface area contributed by atoms with Crippen molar-refractivity contribution in [2.75, 3.05) is 33.2 Å². The van der Waals surface area contributed by atoms with E-state index in [0.29, 0.717) is 12.6 Å². The van der Waals surface area contributed by atoms with E-state index in [4.69, 9.17) is 10.2 Å². The quantitative estimate of drug-likeness (QED) is 0.921.